The van der Waals surface area contributed by atoms with Gasteiger partial charge in [0.1, 0.15) is 0 Å². The lowest BCUT2D eigenvalue weighted by molar-refractivity contribution is 0.168. The number of ether oxygens (including phenoxy) is 1. The van der Waals surface area contributed by atoms with Crippen molar-refractivity contribution in [2.75, 3.05) is 13.2 Å². The van der Waals surface area contributed by atoms with Gasteiger partial charge in [-0.25, -0.2) is 0 Å². The fourth-order valence-electron chi connectivity index (χ4n) is 0.723. The van der Waals surface area contributed by atoms with E-state index in [0.29, 0.717) is 6.61 Å². The van der Waals surface area contributed by atoms with Crippen LogP contribution >= 0.6 is 0 Å². The van der Waals surface area contributed by atoms with E-state index in [1.165, 1.54) is 0 Å². The third kappa shape index (κ3) is 5.79. The summed E-state index contributed by atoms with van der Waals surface area (Å²) < 4.78 is 5.12. The zero-order valence-corrected chi connectivity index (χ0v) is 6.92. The monoisotopic (exact) mass is 144 g/mol. The second kappa shape index (κ2) is 5.45. The van der Waals surface area contributed by atoms with Gasteiger partial charge in [0.15, 0.2) is 0 Å². The molecule has 0 aromatic rings. The van der Waals surface area contributed by atoms with Crippen molar-refractivity contribution in [1.29, 1.82) is 0 Å². The first-order valence-corrected chi connectivity index (χ1v) is 3.60. The molecule has 2 heteroatoms. The predicted octanol–water partition coefficient (Wildman–Crippen LogP) is 1.35. The minimum Gasteiger partial charge on any atom is -0.389 e. The minimum atomic E-state index is -0.361. The van der Waals surface area contributed by atoms with E-state index in [-0.39, 0.29) is 6.10 Å². The first kappa shape index (κ1) is 9.66. The van der Waals surface area contributed by atoms with Crippen LogP contribution in [0.15, 0.2) is 11.6 Å². The first-order valence-electron chi connectivity index (χ1n) is 3.60. The van der Waals surface area contributed by atoms with E-state index in [9.17, 15) is 0 Å². The van der Waals surface area contributed by atoms with Gasteiger partial charge in [-0.2, -0.15) is 0 Å². The molecule has 0 aliphatic rings. The Kier molecular flexibility index (Phi) is 5.26. The highest BCUT2D eigenvalue weighted by Gasteiger charge is 1.91. The van der Waals surface area contributed by atoms with Gasteiger partial charge in [-0.3, -0.25) is 0 Å². The Morgan fingerprint density at radius 3 is 2.70 bits per heavy atom. The van der Waals surface area contributed by atoms with Crippen molar-refractivity contribution in [1.82, 2.24) is 0 Å². The molecule has 0 saturated heterocycles. The van der Waals surface area contributed by atoms with E-state index in [4.69, 9.17) is 9.84 Å². The van der Waals surface area contributed by atoms with Crippen LogP contribution in [0.4, 0.5) is 0 Å². The Balaban J connectivity index is 3.49. The van der Waals surface area contributed by atoms with E-state index in [2.05, 4.69) is 0 Å². The summed E-state index contributed by atoms with van der Waals surface area (Å²) >= 11 is 0. The van der Waals surface area contributed by atoms with Crippen LogP contribution in [-0.2, 0) is 4.74 Å². The van der Waals surface area contributed by atoms with Crippen molar-refractivity contribution >= 4 is 0 Å². The molecule has 0 aromatic heterocycles. The van der Waals surface area contributed by atoms with Crippen LogP contribution in [-0.4, -0.2) is 24.4 Å². The summed E-state index contributed by atoms with van der Waals surface area (Å²) in [5.41, 5.74) is 1.08. The number of aliphatic hydroxyl groups is 1. The molecule has 1 unspecified atom stereocenters. The van der Waals surface area contributed by atoms with Gasteiger partial charge in [0.2, 0.25) is 0 Å². The molecule has 2 nitrogen and oxygen atoms in total. The Morgan fingerprint density at radius 1 is 1.70 bits per heavy atom. The molecular formula is C8H16O2. The van der Waals surface area contributed by atoms with Crippen molar-refractivity contribution in [2.24, 2.45) is 0 Å². The minimum absolute atomic E-state index is 0.361. The Hall–Kier alpha value is -0.340. The fraction of sp³-hybridized carbons (Fsp3) is 0.750. The third-order valence-corrected chi connectivity index (χ3v) is 1.06. The Morgan fingerprint density at radius 2 is 2.30 bits per heavy atom. The van der Waals surface area contributed by atoms with E-state index in [0.717, 1.165) is 12.2 Å². The van der Waals surface area contributed by atoms with Gasteiger partial charge < -0.3 is 9.84 Å². The Bertz CT molecular complexity index is 106. The predicted molar refractivity (Wildman–Crippen MR) is 41.9 cm³/mol. The molecule has 0 aromatic carbocycles. The van der Waals surface area contributed by atoms with E-state index >= 15 is 0 Å². The lowest BCUT2D eigenvalue weighted by Gasteiger charge is -2.02. The van der Waals surface area contributed by atoms with Crippen molar-refractivity contribution in [3.05, 3.63) is 11.6 Å². The summed E-state index contributed by atoms with van der Waals surface area (Å²) in [5.74, 6) is 0. The second-order valence-corrected chi connectivity index (χ2v) is 2.39. The normalized spacial score (nSPS) is 15.4. The average molecular weight is 144 g/mol. The van der Waals surface area contributed by atoms with Crippen LogP contribution in [0.1, 0.15) is 20.8 Å². The summed E-state index contributed by atoms with van der Waals surface area (Å²) in [5, 5.41) is 8.89. The summed E-state index contributed by atoms with van der Waals surface area (Å²) in [6, 6.07) is 0. The average Bonchev–Trinajstić information content (AvgIpc) is 1.82. The zero-order chi connectivity index (χ0) is 7.98. The second-order valence-electron chi connectivity index (χ2n) is 2.39. The standard InChI is InChI=1S/C8H16O2/c1-4-10-6-7(2)5-8(3)9/h5,8-9H,4,6H2,1-3H3/b7-5+. The molecule has 0 saturated carbocycles. The maximum absolute atomic E-state index is 8.89. The number of aliphatic hydroxyl groups excluding tert-OH is 1. The lowest BCUT2D eigenvalue weighted by atomic mass is 10.2. The van der Waals surface area contributed by atoms with Gasteiger partial charge in [-0.05, 0) is 26.3 Å². The van der Waals surface area contributed by atoms with Gasteiger partial charge >= 0.3 is 0 Å². The van der Waals surface area contributed by atoms with E-state index in [1.807, 2.05) is 13.8 Å². The van der Waals surface area contributed by atoms with Crippen molar-refractivity contribution in [3.63, 3.8) is 0 Å². The van der Waals surface area contributed by atoms with Crippen LogP contribution in [0.3, 0.4) is 0 Å². The molecule has 1 atom stereocenters. The van der Waals surface area contributed by atoms with Crippen molar-refractivity contribution in [2.45, 2.75) is 26.9 Å². The van der Waals surface area contributed by atoms with Gasteiger partial charge in [0.05, 0.1) is 12.7 Å². The van der Waals surface area contributed by atoms with Crippen LogP contribution in [0.5, 0.6) is 0 Å². The van der Waals surface area contributed by atoms with Gasteiger partial charge in [-0.1, -0.05) is 6.08 Å². The maximum atomic E-state index is 8.89. The SMILES string of the molecule is CCOC/C(C)=C/C(C)O. The highest BCUT2D eigenvalue weighted by Crippen LogP contribution is 1.95. The summed E-state index contributed by atoms with van der Waals surface area (Å²) in [4.78, 5) is 0. The molecule has 1 N–H and O–H groups in total. The summed E-state index contributed by atoms with van der Waals surface area (Å²) in [7, 11) is 0. The molecule has 0 radical (unpaired) electrons. The number of hydrogen-bond donors (Lipinski definition) is 1. The van der Waals surface area contributed by atoms with Gasteiger partial charge in [0, 0.05) is 6.61 Å². The fourth-order valence-corrected chi connectivity index (χ4v) is 0.723. The van der Waals surface area contributed by atoms with Crippen molar-refractivity contribution < 1.29 is 9.84 Å². The molecule has 0 amide bonds. The summed E-state index contributed by atoms with van der Waals surface area (Å²) in [6.07, 6.45) is 1.43. The van der Waals surface area contributed by atoms with Crippen molar-refractivity contribution in [3.8, 4) is 0 Å². The molecule has 0 aliphatic carbocycles. The van der Waals surface area contributed by atoms with E-state index in [1.54, 1.807) is 13.0 Å². The number of hydrogen-bond acceptors (Lipinski definition) is 2. The molecular weight excluding hydrogens is 128 g/mol. The Labute approximate surface area is 62.5 Å². The highest BCUT2D eigenvalue weighted by atomic mass is 16.5. The first-order chi connectivity index (χ1) is 4.66. The number of rotatable bonds is 4. The lowest BCUT2D eigenvalue weighted by Crippen LogP contribution is -2.00. The zero-order valence-electron chi connectivity index (χ0n) is 6.92. The quantitative estimate of drug-likeness (QED) is 0.603. The smallest absolute Gasteiger partial charge is 0.0696 e. The third-order valence-electron chi connectivity index (χ3n) is 1.06. The van der Waals surface area contributed by atoms with Gasteiger partial charge in [-0.15, -0.1) is 0 Å². The molecule has 0 fully saturated rings. The summed E-state index contributed by atoms with van der Waals surface area (Å²) in [6.45, 7) is 6.99. The largest absolute Gasteiger partial charge is 0.389 e. The molecule has 0 spiro atoms. The molecule has 0 heterocycles. The molecule has 0 bridgehead atoms. The van der Waals surface area contributed by atoms with Crippen LogP contribution in [0, 0.1) is 0 Å². The van der Waals surface area contributed by atoms with Crippen LogP contribution in [0.25, 0.3) is 0 Å². The molecule has 0 aliphatic heterocycles. The maximum Gasteiger partial charge on any atom is 0.0696 e. The highest BCUT2D eigenvalue weighted by molar-refractivity contribution is 5.00. The van der Waals surface area contributed by atoms with Gasteiger partial charge in [0.25, 0.3) is 0 Å². The molecule has 60 valence electrons. The molecule has 0 rings (SSSR count). The van der Waals surface area contributed by atoms with Crippen LogP contribution < -0.4 is 0 Å². The van der Waals surface area contributed by atoms with E-state index < -0.39 is 0 Å². The topological polar surface area (TPSA) is 29.5 Å². The molecule has 10 heavy (non-hydrogen) atoms. The van der Waals surface area contributed by atoms with Crippen LogP contribution in [0.2, 0.25) is 0 Å².